The second-order valence-electron chi connectivity index (χ2n) is 4.39. The average Bonchev–Trinajstić information content (AvgIpc) is 2.16. The predicted octanol–water partition coefficient (Wildman–Crippen LogP) is 3.02. The molecule has 0 bridgehead atoms. The molecule has 0 aliphatic rings. The Labute approximate surface area is 97.2 Å². The van der Waals surface area contributed by atoms with Crippen LogP contribution >= 0.6 is 0 Å². The molecule has 0 saturated heterocycles. The molecule has 0 fully saturated rings. The molecule has 1 amide bonds. The first-order chi connectivity index (χ1) is 7.70. The second-order valence-corrected chi connectivity index (χ2v) is 4.39. The van der Waals surface area contributed by atoms with E-state index in [-0.39, 0.29) is 0 Å². The summed E-state index contributed by atoms with van der Waals surface area (Å²) in [6.07, 6.45) is -0.901. The number of hydrogen-bond donors (Lipinski definition) is 2. The van der Waals surface area contributed by atoms with E-state index in [1.165, 1.54) is 0 Å². The third kappa shape index (κ3) is 3.58. The fourth-order valence-corrected chi connectivity index (χ4v) is 1.05. The monoisotopic (exact) mass is 245 g/mol. The first kappa shape index (κ1) is 13.2. The fourth-order valence-electron chi connectivity index (χ4n) is 1.05. The molecule has 4 nitrogen and oxygen atoms in total. The predicted molar refractivity (Wildman–Crippen MR) is 57.9 cm³/mol. The van der Waals surface area contributed by atoms with Gasteiger partial charge in [0.25, 0.3) is 0 Å². The van der Waals surface area contributed by atoms with E-state index in [4.69, 9.17) is 9.84 Å². The van der Waals surface area contributed by atoms with Crippen molar-refractivity contribution in [3.05, 3.63) is 23.8 Å². The van der Waals surface area contributed by atoms with E-state index in [2.05, 4.69) is 0 Å². The van der Waals surface area contributed by atoms with Gasteiger partial charge in [0.1, 0.15) is 5.60 Å². The second kappa shape index (κ2) is 4.57. The van der Waals surface area contributed by atoms with E-state index < -0.39 is 34.8 Å². The Morgan fingerprint density at radius 2 is 1.88 bits per heavy atom. The molecule has 0 radical (unpaired) electrons. The first-order valence-corrected chi connectivity index (χ1v) is 4.87. The van der Waals surface area contributed by atoms with Crippen LogP contribution in [0.4, 0.5) is 19.3 Å². The standard InChI is InChI=1S/C11H13F2NO3/c1-11(2,3)17-10(16)14-6-4-5-7(15)9(13)8(6)12/h4-5,15H,1-3H3,(H,14,16). The van der Waals surface area contributed by atoms with Crippen molar-refractivity contribution in [1.82, 2.24) is 0 Å². The number of nitrogens with one attached hydrogen (secondary N) is 1. The maximum atomic E-state index is 13.3. The van der Waals surface area contributed by atoms with Crippen LogP contribution in [0.5, 0.6) is 5.75 Å². The van der Waals surface area contributed by atoms with Gasteiger partial charge in [0.2, 0.25) is 5.82 Å². The van der Waals surface area contributed by atoms with Crippen LogP contribution in [0.25, 0.3) is 0 Å². The van der Waals surface area contributed by atoms with Gasteiger partial charge in [-0.15, -0.1) is 0 Å². The molecule has 6 heteroatoms. The van der Waals surface area contributed by atoms with E-state index in [0.29, 0.717) is 0 Å². The highest BCUT2D eigenvalue weighted by Crippen LogP contribution is 2.25. The number of carbonyl (C=O) groups excluding carboxylic acids is 1. The lowest BCUT2D eigenvalue weighted by atomic mass is 10.2. The van der Waals surface area contributed by atoms with Gasteiger partial charge in [0.05, 0.1) is 5.69 Å². The Hall–Kier alpha value is -1.85. The number of anilines is 1. The van der Waals surface area contributed by atoms with Crippen molar-refractivity contribution in [3.63, 3.8) is 0 Å². The van der Waals surface area contributed by atoms with Gasteiger partial charge in [-0.05, 0) is 32.9 Å². The molecule has 1 aromatic carbocycles. The summed E-state index contributed by atoms with van der Waals surface area (Å²) < 4.78 is 31.1. The molecule has 94 valence electrons. The summed E-state index contributed by atoms with van der Waals surface area (Å²) in [6.45, 7) is 4.92. The summed E-state index contributed by atoms with van der Waals surface area (Å²) in [5, 5.41) is 10.9. The molecule has 1 rings (SSSR count). The van der Waals surface area contributed by atoms with Crippen LogP contribution in [0, 0.1) is 11.6 Å². The molecule has 0 atom stereocenters. The summed E-state index contributed by atoms with van der Waals surface area (Å²) in [4.78, 5) is 11.3. The zero-order valence-corrected chi connectivity index (χ0v) is 9.67. The fraction of sp³-hybridized carbons (Fsp3) is 0.364. The molecule has 0 aromatic heterocycles. The number of halogens is 2. The molecule has 0 aliphatic heterocycles. The van der Waals surface area contributed by atoms with Crippen molar-refractivity contribution >= 4 is 11.8 Å². The van der Waals surface area contributed by atoms with Crippen molar-refractivity contribution in [1.29, 1.82) is 0 Å². The lowest BCUT2D eigenvalue weighted by molar-refractivity contribution is 0.0635. The first-order valence-electron chi connectivity index (χ1n) is 4.87. The van der Waals surface area contributed by atoms with Gasteiger partial charge in [-0.2, -0.15) is 4.39 Å². The van der Waals surface area contributed by atoms with Gasteiger partial charge >= 0.3 is 6.09 Å². The molecule has 0 heterocycles. The summed E-state index contributed by atoms with van der Waals surface area (Å²) in [6, 6.07) is 1.97. The molecular formula is C11H13F2NO3. The topological polar surface area (TPSA) is 58.6 Å². The van der Waals surface area contributed by atoms with Crippen molar-refractivity contribution < 1.29 is 23.4 Å². The molecule has 0 saturated carbocycles. The van der Waals surface area contributed by atoms with E-state index in [9.17, 15) is 13.6 Å². The summed E-state index contributed by atoms with van der Waals surface area (Å²) in [5.74, 6) is -3.58. The number of amides is 1. The molecule has 0 unspecified atom stereocenters. The van der Waals surface area contributed by atoms with Crippen molar-refractivity contribution in [2.75, 3.05) is 5.32 Å². The van der Waals surface area contributed by atoms with Crippen LogP contribution in [-0.4, -0.2) is 16.8 Å². The number of phenolic OH excluding ortho intramolecular Hbond substituents is 1. The minimum absolute atomic E-state index is 0.394. The van der Waals surface area contributed by atoms with Crippen LogP contribution < -0.4 is 5.32 Å². The molecule has 2 N–H and O–H groups in total. The van der Waals surface area contributed by atoms with Crippen LogP contribution in [-0.2, 0) is 4.74 Å². The van der Waals surface area contributed by atoms with Crippen molar-refractivity contribution in [2.24, 2.45) is 0 Å². The van der Waals surface area contributed by atoms with Gasteiger partial charge in [0, 0.05) is 0 Å². The maximum Gasteiger partial charge on any atom is 0.412 e. The highest BCUT2D eigenvalue weighted by Gasteiger charge is 2.19. The van der Waals surface area contributed by atoms with Gasteiger partial charge in [-0.25, -0.2) is 9.18 Å². The molecule has 0 spiro atoms. The highest BCUT2D eigenvalue weighted by molar-refractivity contribution is 5.85. The Balaban J connectivity index is 2.83. The number of aromatic hydroxyl groups is 1. The van der Waals surface area contributed by atoms with Crippen LogP contribution in [0.1, 0.15) is 20.8 Å². The van der Waals surface area contributed by atoms with Gasteiger partial charge in [-0.1, -0.05) is 0 Å². The van der Waals surface area contributed by atoms with Gasteiger partial charge in [0.15, 0.2) is 11.6 Å². The number of phenols is 1. The van der Waals surface area contributed by atoms with E-state index in [0.717, 1.165) is 12.1 Å². The molecule has 0 aliphatic carbocycles. The van der Waals surface area contributed by atoms with Crippen LogP contribution in [0.2, 0.25) is 0 Å². The SMILES string of the molecule is CC(C)(C)OC(=O)Nc1ccc(O)c(F)c1F. The summed E-state index contributed by atoms with van der Waals surface area (Å²) >= 11 is 0. The van der Waals surface area contributed by atoms with Crippen LogP contribution in [0.3, 0.4) is 0 Å². The quantitative estimate of drug-likeness (QED) is 0.748. The third-order valence-electron chi connectivity index (χ3n) is 1.70. The normalized spacial score (nSPS) is 11.1. The molecule has 1 aromatic rings. The minimum Gasteiger partial charge on any atom is -0.505 e. The largest absolute Gasteiger partial charge is 0.505 e. The number of benzene rings is 1. The zero-order valence-electron chi connectivity index (χ0n) is 9.67. The lowest BCUT2D eigenvalue weighted by Crippen LogP contribution is -2.27. The van der Waals surface area contributed by atoms with Gasteiger partial charge in [-0.3, -0.25) is 5.32 Å². The Morgan fingerprint density at radius 1 is 1.29 bits per heavy atom. The van der Waals surface area contributed by atoms with E-state index >= 15 is 0 Å². The third-order valence-corrected chi connectivity index (χ3v) is 1.70. The Morgan fingerprint density at radius 3 is 2.41 bits per heavy atom. The maximum absolute atomic E-state index is 13.3. The number of rotatable bonds is 1. The van der Waals surface area contributed by atoms with Crippen LogP contribution in [0.15, 0.2) is 12.1 Å². The Bertz CT molecular complexity index is 441. The smallest absolute Gasteiger partial charge is 0.412 e. The highest BCUT2D eigenvalue weighted by atomic mass is 19.2. The summed E-state index contributed by atoms with van der Waals surface area (Å²) in [5.41, 5.74) is -1.13. The minimum atomic E-state index is -1.42. The zero-order chi connectivity index (χ0) is 13.2. The van der Waals surface area contributed by atoms with Crippen molar-refractivity contribution in [2.45, 2.75) is 26.4 Å². The molecular weight excluding hydrogens is 232 g/mol. The lowest BCUT2D eigenvalue weighted by Gasteiger charge is -2.19. The summed E-state index contributed by atoms with van der Waals surface area (Å²) in [7, 11) is 0. The molecule has 17 heavy (non-hydrogen) atoms. The van der Waals surface area contributed by atoms with E-state index in [1.54, 1.807) is 20.8 Å². The number of carbonyl (C=O) groups is 1. The van der Waals surface area contributed by atoms with Crippen molar-refractivity contribution in [3.8, 4) is 5.75 Å². The Kier molecular flexibility index (Phi) is 3.55. The number of ether oxygens (including phenoxy) is 1. The van der Waals surface area contributed by atoms with E-state index in [1.807, 2.05) is 5.32 Å². The van der Waals surface area contributed by atoms with Gasteiger partial charge < -0.3 is 9.84 Å². The average molecular weight is 245 g/mol. The number of hydrogen-bond acceptors (Lipinski definition) is 3.